The Balaban J connectivity index is 2.06. The zero-order chi connectivity index (χ0) is 14.6. The summed E-state index contributed by atoms with van der Waals surface area (Å²) in [6.07, 6.45) is -3.96. The van der Waals surface area contributed by atoms with E-state index in [4.69, 9.17) is 0 Å². The van der Waals surface area contributed by atoms with Crippen molar-refractivity contribution in [1.29, 1.82) is 0 Å². The lowest BCUT2D eigenvalue weighted by molar-refractivity contribution is -0.144. The van der Waals surface area contributed by atoms with Crippen molar-refractivity contribution in [2.24, 2.45) is 0 Å². The zero-order valence-electron chi connectivity index (χ0n) is 10.5. The van der Waals surface area contributed by atoms with E-state index < -0.39 is 12.0 Å². The van der Waals surface area contributed by atoms with Crippen LogP contribution in [-0.4, -0.2) is 28.5 Å². The first-order valence-corrected chi connectivity index (χ1v) is 6.68. The molecule has 0 aliphatic heterocycles. The number of hydrogen-bond acceptors (Lipinski definition) is 6. The number of nitrogens with one attached hydrogen (secondary N) is 2. The highest BCUT2D eigenvalue weighted by molar-refractivity contribution is 7.07. The molecule has 2 rings (SSSR count). The molecule has 0 fully saturated rings. The Bertz CT molecular complexity index is 556. The van der Waals surface area contributed by atoms with Crippen molar-refractivity contribution in [3.8, 4) is 0 Å². The minimum Gasteiger partial charge on any atom is -0.373 e. The number of aromatic nitrogens is 3. The van der Waals surface area contributed by atoms with Gasteiger partial charge in [0.05, 0.1) is 11.2 Å². The summed E-state index contributed by atoms with van der Waals surface area (Å²) < 4.78 is 37.9. The van der Waals surface area contributed by atoms with Crippen molar-refractivity contribution in [2.45, 2.75) is 12.6 Å². The lowest BCUT2D eigenvalue weighted by atomic mass is 10.3. The van der Waals surface area contributed by atoms with Gasteiger partial charge in [0.25, 0.3) is 0 Å². The van der Waals surface area contributed by atoms with Crippen LogP contribution in [0.1, 0.15) is 11.5 Å². The van der Waals surface area contributed by atoms with E-state index in [1.807, 2.05) is 5.38 Å². The molecule has 2 N–H and O–H groups in total. The largest absolute Gasteiger partial charge is 0.451 e. The van der Waals surface area contributed by atoms with Crippen LogP contribution in [-0.2, 0) is 12.6 Å². The van der Waals surface area contributed by atoms with E-state index in [0.717, 1.165) is 5.69 Å². The van der Waals surface area contributed by atoms with Gasteiger partial charge in [-0.3, -0.25) is 0 Å². The van der Waals surface area contributed by atoms with E-state index in [1.165, 1.54) is 24.5 Å². The molecule has 0 aromatic carbocycles. The molecule has 0 aliphatic rings. The van der Waals surface area contributed by atoms with Crippen molar-refractivity contribution in [2.75, 3.05) is 24.2 Å². The normalized spacial score (nSPS) is 11.4. The molecule has 0 spiro atoms. The minimum atomic E-state index is -4.57. The van der Waals surface area contributed by atoms with Gasteiger partial charge < -0.3 is 10.6 Å². The second-order valence-electron chi connectivity index (χ2n) is 3.87. The maximum absolute atomic E-state index is 12.6. The van der Waals surface area contributed by atoms with Crippen molar-refractivity contribution in [1.82, 2.24) is 15.0 Å². The highest BCUT2D eigenvalue weighted by atomic mass is 32.1. The molecular formula is C11H12F3N5S. The van der Waals surface area contributed by atoms with Crippen molar-refractivity contribution in [3.05, 3.63) is 28.5 Å². The number of thiazole rings is 1. The average molecular weight is 303 g/mol. The van der Waals surface area contributed by atoms with E-state index in [-0.39, 0.29) is 11.6 Å². The molecular weight excluding hydrogens is 291 g/mol. The fourth-order valence-electron chi connectivity index (χ4n) is 1.47. The van der Waals surface area contributed by atoms with E-state index in [1.54, 1.807) is 5.51 Å². The summed E-state index contributed by atoms with van der Waals surface area (Å²) in [5.41, 5.74) is 2.60. The molecule has 20 heavy (non-hydrogen) atoms. The Kier molecular flexibility index (Phi) is 4.38. The van der Waals surface area contributed by atoms with E-state index in [2.05, 4.69) is 25.6 Å². The molecule has 2 heterocycles. The molecule has 0 amide bonds. The van der Waals surface area contributed by atoms with E-state index in [0.29, 0.717) is 13.0 Å². The number of alkyl halides is 3. The number of anilines is 2. The molecule has 0 bridgehead atoms. The third-order valence-corrected chi connectivity index (χ3v) is 3.04. The van der Waals surface area contributed by atoms with Crippen LogP contribution in [0.3, 0.4) is 0 Å². The van der Waals surface area contributed by atoms with Crippen LogP contribution in [0.15, 0.2) is 17.0 Å². The van der Waals surface area contributed by atoms with Crippen LogP contribution in [0.4, 0.5) is 24.8 Å². The van der Waals surface area contributed by atoms with Gasteiger partial charge in [0.15, 0.2) is 0 Å². The molecule has 0 saturated carbocycles. The highest BCUT2D eigenvalue weighted by Crippen LogP contribution is 2.28. The summed E-state index contributed by atoms with van der Waals surface area (Å²) in [7, 11) is 1.50. The first-order chi connectivity index (χ1) is 9.49. The lowest BCUT2D eigenvalue weighted by Crippen LogP contribution is -2.15. The highest BCUT2D eigenvalue weighted by Gasteiger charge is 2.35. The Morgan fingerprint density at radius 1 is 1.25 bits per heavy atom. The maximum Gasteiger partial charge on any atom is 0.451 e. The van der Waals surface area contributed by atoms with Crippen LogP contribution < -0.4 is 10.6 Å². The fourth-order valence-corrected chi connectivity index (χ4v) is 2.07. The molecule has 0 unspecified atom stereocenters. The Labute approximate surface area is 117 Å². The zero-order valence-corrected chi connectivity index (χ0v) is 11.3. The second-order valence-corrected chi connectivity index (χ2v) is 4.59. The number of nitrogens with zero attached hydrogens (tertiary/aromatic N) is 3. The van der Waals surface area contributed by atoms with Gasteiger partial charge in [-0.15, -0.1) is 11.3 Å². The van der Waals surface area contributed by atoms with Gasteiger partial charge >= 0.3 is 6.18 Å². The van der Waals surface area contributed by atoms with Gasteiger partial charge in [-0.05, 0) is 0 Å². The lowest BCUT2D eigenvalue weighted by Gasteiger charge is -2.11. The topological polar surface area (TPSA) is 62.7 Å². The minimum absolute atomic E-state index is 0.114. The summed E-state index contributed by atoms with van der Waals surface area (Å²) in [6.45, 7) is 0.446. The first-order valence-electron chi connectivity index (χ1n) is 5.74. The van der Waals surface area contributed by atoms with E-state index >= 15 is 0 Å². The summed E-state index contributed by atoms with van der Waals surface area (Å²) in [6, 6.07) is 1.43. The quantitative estimate of drug-likeness (QED) is 0.889. The number of rotatable bonds is 5. The van der Waals surface area contributed by atoms with Crippen molar-refractivity contribution < 1.29 is 13.2 Å². The second kappa shape index (κ2) is 6.04. The Morgan fingerprint density at radius 3 is 2.60 bits per heavy atom. The predicted octanol–water partition coefficient (Wildman–Crippen LogP) is 2.65. The number of halogens is 3. The molecule has 2 aromatic heterocycles. The summed E-state index contributed by atoms with van der Waals surface area (Å²) >= 11 is 1.47. The molecule has 9 heteroatoms. The number of hydrogen-bond donors (Lipinski definition) is 2. The summed E-state index contributed by atoms with van der Waals surface area (Å²) in [5, 5.41) is 7.32. The molecule has 0 atom stereocenters. The molecule has 0 aliphatic carbocycles. The summed E-state index contributed by atoms with van der Waals surface area (Å²) in [4.78, 5) is 10.9. The van der Waals surface area contributed by atoms with Crippen LogP contribution in [0, 0.1) is 0 Å². The van der Waals surface area contributed by atoms with Gasteiger partial charge in [0, 0.05) is 31.5 Å². The first kappa shape index (κ1) is 14.5. The van der Waals surface area contributed by atoms with Crippen LogP contribution in [0.5, 0.6) is 0 Å². The standard InChI is InChI=1S/C11H12F3N5S/c1-15-8-4-9(19-10(18-8)11(12,13)14)16-3-2-7-5-20-6-17-7/h4-6H,2-3H2,1H3,(H2,15,16,18,19). The average Bonchev–Trinajstić information content (AvgIpc) is 2.90. The van der Waals surface area contributed by atoms with Crippen LogP contribution in [0.2, 0.25) is 0 Å². The van der Waals surface area contributed by atoms with Gasteiger partial charge in [0.2, 0.25) is 5.82 Å². The van der Waals surface area contributed by atoms with E-state index in [9.17, 15) is 13.2 Å². The molecule has 5 nitrogen and oxygen atoms in total. The van der Waals surface area contributed by atoms with Gasteiger partial charge in [-0.1, -0.05) is 0 Å². The molecule has 0 radical (unpaired) electrons. The third kappa shape index (κ3) is 3.80. The van der Waals surface area contributed by atoms with Crippen LogP contribution in [0.25, 0.3) is 0 Å². The van der Waals surface area contributed by atoms with Crippen molar-refractivity contribution in [3.63, 3.8) is 0 Å². The smallest absolute Gasteiger partial charge is 0.373 e. The predicted molar refractivity (Wildman–Crippen MR) is 70.9 cm³/mol. The fraction of sp³-hybridized carbons (Fsp3) is 0.364. The molecule has 2 aromatic rings. The third-order valence-electron chi connectivity index (χ3n) is 2.41. The van der Waals surface area contributed by atoms with Crippen molar-refractivity contribution >= 4 is 23.0 Å². The SMILES string of the molecule is CNc1cc(NCCc2cscn2)nc(C(F)(F)F)n1. The maximum atomic E-state index is 12.6. The Hall–Kier alpha value is -1.90. The van der Waals surface area contributed by atoms with Gasteiger partial charge in [0.1, 0.15) is 11.6 Å². The molecule has 108 valence electrons. The monoisotopic (exact) mass is 303 g/mol. The molecule has 0 saturated heterocycles. The summed E-state index contributed by atoms with van der Waals surface area (Å²) in [5.74, 6) is -0.920. The van der Waals surface area contributed by atoms with Crippen LogP contribution >= 0.6 is 11.3 Å². The van der Waals surface area contributed by atoms with Gasteiger partial charge in [-0.25, -0.2) is 15.0 Å². The van der Waals surface area contributed by atoms with Gasteiger partial charge in [-0.2, -0.15) is 13.2 Å². The Morgan fingerprint density at radius 2 is 2.00 bits per heavy atom.